The van der Waals surface area contributed by atoms with Crippen molar-refractivity contribution in [2.24, 2.45) is 0 Å². The van der Waals surface area contributed by atoms with Crippen LogP contribution in [0.25, 0.3) is 0 Å². The molecule has 2 amide bonds. The number of likely N-dealkylation sites (tertiary alicyclic amines) is 1. The minimum atomic E-state index is -0.0978. The molecule has 0 bridgehead atoms. The Labute approximate surface area is 145 Å². The van der Waals surface area contributed by atoms with Gasteiger partial charge in [0, 0.05) is 31.5 Å². The lowest BCUT2D eigenvalue weighted by atomic mass is 10.0. The van der Waals surface area contributed by atoms with Gasteiger partial charge in [-0.15, -0.1) is 11.3 Å². The summed E-state index contributed by atoms with van der Waals surface area (Å²) in [4.78, 5) is 31.5. The van der Waals surface area contributed by atoms with Gasteiger partial charge < -0.3 is 10.2 Å². The van der Waals surface area contributed by atoms with E-state index in [1.807, 2.05) is 16.3 Å². The number of aryl methyl sites for hydroxylation is 1. The zero-order chi connectivity index (χ0) is 16.9. The molecule has 1 N–H and O–H groups in total. The van der Waals surface area contributed by atoms with E-state index in [0.29, 0.717) is 18.7 Å². The first kappa shape index (κ1) is 16.6. The van der Waals surface area contributed by atoms with Crippen molar-refractivity contribution in [2.75, 3.05) is 13.1 Å². The van der Waals surface area contributed by atoms with Crippen LogP contribution in [0.15, 0.2) is 36.0 Å². The van der Waals surface area contributed by atoms with E-state index < -0.39 is 0 Å². The predicted octanol–water partition coefficient (Wildman–Crippen LogP) is 2.74. The number of amides is 2. The molecule has 0 saturated carbocycles. The zero-order valence-corrected chi connectivity index (χ0v) is 14.5. The summed E-state index contributed by atoms with van der Waals surface area (Å²) in [5.41, 5.74) is 1.69. The van der Waals surface area contributed by atoms with E-state index in [9.17, 15) is 9.59 Å². The van der Waals surface area contributed by atoms with Crippen molar-refractivity contribution in [2.45, 2.75) is 32.2 Å². The van der Waals surface area contributed by atoms with Gasteiger partial charge in [0.1, 0.15) is 0 Å². The highest BCUT2D eigenvalue weighted by Crippen LogP contribution is 2.22. The molecular weight excluding hydrogens is 322 g/mol. The fourth-order valence-electron chi connectivity index (χ4n) is 2.94. The summed E-state index contributed by atoms with van der Waals surface area (Å²) >= 11 is 1.52. The van der Waals surface area contributed by atoms with Crippen molar-refractivity contribution in [3.05, 3.63) is 52.0 Å². The van der Waals surface area contributed by atoms with Gasteiger partial charge in [-0.1, -0.05) is 6.92 Å². The van der Waals surface area contributed by atoms with Crippen LogP contribution >= 0.6 is 11.3 Å². The smallest absolute Gasteiger partial charge is 0.264 e. The van der Waals surface area contributed by atoms with Crippen molar-refractivity contribution < 1.29 is 9.59 Å². The van der Waals surface area contributed by atoms with Gasteiger partial charge in [0.15, 0.2) is 0 Å². The molecule has 0 unspecified atom stereocenters. The summed E-state index contributed by atoms with van der Waals surface area (Å²) in [6, 6.07) is 5.64. The minimum Gasteiger partial charge on any atom is -0.349 e. The highest BCUT2D eigenvalue weighted by atomic mass is 32.1. The molecule has 1 fully saturated rings. The number of nitrogens with zero attached hydrogens (tertiary/aromatic N) is 2. The third kappa shape index (κ3) is 3.64. The fraction of sp³-hybridized carbons (Fsp3) is 0.389. The molecule has 126 valence electrons. The molecule has 24 heavy (non-hydrogen) atoms. The van der Waals surface area contributed by atoms with Gasteiger partial charge in [-0.2, -0.15) is 0 Å². The number of thiophene rings is 1. The summed E-state index contributed by atoms with van der Waals surface area (Å²) in [6.07, 6.45) is 5.66. The SMILES string of the molecule is CCc1ccsc1C(=O)N1CCC(NC(=O)c2cccnc2)CC1. The van der Waals surface area contributed by atoms with Crippen LogP contribution in [0.5, 0.6) is 0 Å². The zero-order valence-electron chi connectivity index (χ0n) is 13.7. The molecule has 0 spiro atoms. The third-order valence-electron chi connectivity index (χ3n) is 4.36. The largest absolute Gasteiger partial charge is 0.349 e. The molecular formula is C18H21N3O2S. The Hall–Kier alpha value is -2.21. The van der Waals surface area contributed by atoms with Gasteiger partial charge in [-0.3, -0.25) is 14.6 Å². The average molecular weight is 343 g/mol. The first-order valence-electron chi connectivity index (χ1n) is 8.25. The van der Waals surface area contributed by atoms with E-state index >= 15 is 0 Å². The lowest BCUT2D eigenvalue weighted by Gasteiger charge is -2.32. The van der Waals surface area contributed by atoms with Gasteiger partial charge in [0.2, 0.25) is 0 Å². The molecule has 0 aliphatic carbocycles. The van der Waals surface area contributed by atoms with Gasteiger partial charge >= 0.3 is 0 Å². The van der Waals surface area contributed by atoms with E-state index in [1.54, 1.807) is 24.5 Å². The maximum atomic E-state index is 12.6. The third-order valence-corrected chi connectivity index (χ3v) is 5.31. The molecule has 0 aromatic carbocycles. The van der Waals surface area contributed by atoms with Crippen molar-refractivity contribution in [3.8, 4) is 0 Å². The number of nitrogens with one attached hydrogen (secondary N) is 1. The summed E-state index contributed by atoms with van der Waals surface area (Å²) in [5.74, 6) is 0.0262. The van der Waals surface area contributed by atoms with Crippen LogP contribution < -0.4 is 5.32 Å². The number of carbonyl (C=O) groups excluding carboxylic acids is 2. The van der Waals surface area contributed by atoms with Crippen molar-refractivity contribution in [1.29, 1.82) is 0 Å². The lowest BCUT2D eigenvalue weighted by molar-refractivity contribution is 0.0702. The van der Waals surface area contributed by atoms with Crippen LogP contribution in [0.3, 0.4) is 0 Å². The van der Waals surface area contributed by atoms with Crippen LogP contribution in [-0.2, 0) is 6.42 Å². The van der Waals surface area contributed by atoms with E-state index in [4.69, 9.17) is 0 Å². The molecule has 3 rings (SSSR count). The molecule has 2 aromatic heterocycles. The van der Waals surface area contributed by atoms with E-state index in [0.717, 1.165) is 29.7 Å². The number of hydrogen-bond donors (Lipinski definition) is 1. The topological polar surface area (TPSA) is 62.3 Å². The van der Waals surface area contributed by atoms with E-state index in [-0.39, 0.29) is 17.9 Å². The Kier molecular flexibility index (Phi) is 5.25. The second-order valence-corrected chi connectivity index (χ2v) is 6.83. The number of aromatic nitrogens is 1. The van der Waals surface area contributed by atoms with Gasteiger partial charge in [-0.25, -0.2) is 0 Å². The van der Waals surface area contributed by atoms with Crippen LogP contribution in [0.4, 0.5) is 0 Å². The predicted molar refractivity (Wildman–Crippen MR) is 94.3 cm³/mol. The monoisotopic (exact) mass is 343 g/mol. The summed E-state index contributed by atoms with van der Waals surface area (Å²) in [7, 11) is 0. The number of piperidine rings is 1. The summed E-state index contributed by atoms with van der Waals surface area (Å²) in [5, 5.41) is 5.02. The van der Waals surface area contributed by atoms with Crippen LogP contribution in [0.1, 0.15) is 45.4 Å². The van der Waals surface area contributed by atoms with E-state index in [2.05, 4.69) is 17.2 Å². The molecule has 3 heterocycles. The van der Waals surface area contributed by atoms with Crippen molar-refractivity contribution >= 4 is 23.2 Å². The maximum Gasteiger partial charge on any atom is 0.264 e. The second-order valence-electron chi connectivity index (χ2n) is 5.91. The number of carbonyl (C=O) groups is 2. The van der Waals surface area contributed by atoms with Crippen LogP contribution in [0.2, 0.25) is 0 Å². The standard InChI is InChI=1S/C18H21N3O2S/c1-2-13-7-11-24-16(13)18(23)21-9-5-15(6-10-21)20-17(22)14-4-3-8-19-12-14/h3-4,7-8,11-12,15H,2,5-6,9-10H2,1H3,(H,20,22). The van der Waals surface area contributed by atoms with Gasteiger partial charge in [-0.05, 0) is 48.4 Å². The van der Waals surface area contributed by atoms with Gasteiger partial charge in [0.25, 0.3) is 11.8 Å². The molecule has 0 radical (unpaired) electrons. The quantitative estimate of drug-likeness (QED) is 0.928. The lowest BCUT2D eigenvalue weighted by Crippen LogP contribution is -2.46. The second kappa shape index (κ2) is 7.57. The fourth-order valence-corrected chi connectivity index (χ4v) is 3.90. The van der Waals surface area contributed by atoms with Gasteiger partial charge in [0.05, 0.1) is 10.4 Å². The Morgan fingerprint density at radius 1 is 1.33 bits per heavy atom. The first-order valence-corrected chi connectivity index (χ1v) is 9.13. The Morgan fingerprint density at radius 2 is 2.12 bits per heavy atom. The normalized spacial score (nSPS) is 15.3. The summed E-state index contributed by atoms with van der Waals surface area (Å²) in [6.45, 7) is 3.43. The molecule has 1 saturated heterocycles. The Morgan fingerprint density at radius 3 is 2.79 bits per heavy atom. The Balaban J connectivity index is 1.54. The summed E-state index contributed by atoms with van der Waals surface area (Å²) < 4.78 is 0. The van der Waals surface area contributed by atoms with Crippen LogP contribution in [-0.4, -0.2) is 40.8 Å². The van der Waals surface area contributed by atoms with Crippen molar-refractivity contribution in [1.82, 2.24) is 15.2 Å². The molecule has 6 heteroatoms. The molecule has 1 aliphatic rings. The maximum absolute atomic E-state index is 12.6. The van der Waals surface area contributed by atoms with Crippen LogP contribution in [0, 0.1) is 0 Å². The number of hydrogen-bond acceptors (Lipinski definition) is 4. The molecule has 2 aromatic rings. The number of rotatable bonds is 4. The molecule has 1 aliphatic heterocycles. The highest BCUT2D eigenvalue weighted by molar-refractivity contribution is 7.12. The minimum absolute atomic E-state index is 0.0978. The highest BCUT2D eigenvalue weighted by Gasteiger charge is 2.26. The Bertz CT molecular complexity index is 706. The van der Waals surface area contributed by atoms with E-state index in [1.165, 1.54) is 11.3 Å². The average Bonchev–Trinajstić information content (AvgIpc) is 3.11. The molecule has 5 nitrogen and oxygen atoms in total. The van der Waals surface area contributed by atoms with Crippen molar-refractivity contribution in [3.63, 3.8) is 0 Å². The number of pyridine rings is 1. The first-order chi connectivity index (χ1) is 11.7. The molecule has 0 atom stereocenters.